The zero-order valence-corrected chi connectivity index (χ0v) is 16.8. The molecule has 0 aromatic heterocycles. The molecule has 0 aliphatic rings. The molecule has 0 aliphatic carbocycles. The molecule has 2 aromatic carbocycles. The molecule has 4 heteroatoms. The third-order valence-corrected chi connectivity index (χ3v) is 5.38. The third-order valence-electron chi connectivity index (χ3n) is 4.87. The van der Waals surface area contributed by atoms with E-state index in [-0.39, 0.29) is 0 Å². The van der Waals surface area contributed by atoms with Gasteiger partial charge >= 0.3 is 0 Å². The number of hydrogen-bond acceptors (Lipinski definition) is 3. The van der Waals surface area contributed by atoms with Gasteiger partial charge in [0, 0.05) is 0 Å². The molecule has 2 atom stereocenters. The minimum Gasteiger partial charge on any atom is -0.411 e. The first-order valence-electron chi connectivity index (χ1n) is 8.75. The maximum Gasteiger partial charge on any atom is 0.247 e. The Labute approximate surface area is 160 Å². The Balaban J connectivity index is 2.31. The van der Waals surface area contributed by atoms with Crippen molar-refractivity contribution in [2.45, 2.75) is 51.1 Å². The van der Waals surface area contributed by atoms with Gasteiger partial charge < -0.3 is 14.3 Å². The van der Waals surface area contributed by atoms with E-state index < -0.39 is 23.4 Å². The van der Waals surface area contributed by atoms with Crippen LogP contribution in [0, 0.1) is 0 Å². The van der Waals surface area contributed by atoms with E-state index in [0.29, 0.717) is 0 Å². The van der Waals surface area contributed by atoms with Crippen molar-refractivity contribution in [3.8, 4) is 0 Å². The highest BCUT2D eigenvalue weighted by Gasteiger charge is 2.40. The molecule has 26 heavy (non-hydrogen) atoms. The summed E-state index contributed by atoms with van der Waals surface area (Å²) in [6.45, 7) is 7.78. The van der Waals surface area contributed by atoms with Crippen LogP contribution in [0.25, 0.3) is 6.08 Å². The second-order valence-corrected chi connectivity index (χ2v) is 7.53. The summed E-state index contributed by atoms with van der Waals surface area (Å²) < 4.78 is 11.8. The number of hydrogen-bond donors (Lipinski definition) is 1. The highest BCUT2D eigenvalue weighted by molar-refractivity contribution is 5.98. The van der Waals surface area contributed by atoms with Crippen molar-refractivity contribution in [3.05, 3.63) is 77.9 Å². The lowest BCUT2D eigenvalue weighted by Gasteiger charge is -2.43. The summed E-state index contributed by atoms with van der Waals surface area (Å²) in [6.07, 6.45) is 2.54. The molecule has 3 radical (unpaired) electrons. The van der Waals surface area contributed by atoms with Gasteiger partial charge in [-0.3, -0.25) is 0 Å². The van der Waals surface area contributed by atoms with E-state index in [1.165, 1.54) is 0 Å². The number of aliphatic hydroxyl groups excluding tert-OH is 1. The molecule has 2 rings (SSSR count). The van der Waals surface area contributed by atoms with Gasteiger partial charge in [-0.25, -0.2) is 0 Å². The van der Waals surface area contributed by atoms with Crippen molar-refractivity contribution in [1.82, 2.24) is 0 Å². The molecular formula is C22H27O3Si. The van der Waals surface area contributed by atoms with E-state index in [0.717, 1.165) is 11.1 Å². The zero-order chi connectivity index (χ0) is 19.2. The van der Waals surface area contributed by atoms with Gasteiger partial charge in [-0.1, -0.05) is 72.8 Å². The lowest BCUT2D eigenvalue weighted by molar-refractivity contribution is -0.172. The van der Waals surface area contributed by atoms with Gasteiger partial charge in [0.05, 0.1) is 11.2 Å². The molecule has 0 heterocycles. The van der Waals surface area contributed by atoms with Gasteiger partial charge in [0.1, 0.15) is 12.2 Å². The monoisotopic (exact) mass is 367 g/mol. The Bertz CT molecular complexity index is 696. The van der Waals surface area contributed by atoms with Crippen LogP contribution in [0.3, 0.4) is 0 Å². The fourth-order valence-corrected chi connectivity index (χ4v) is 2.67. The zero-order valence-electron chi connectivity index (χ0n) is 15.8. The molecule has 0 aliphatic heterocycles. The molecule has 0 saturated heterocycles. The van der Waals surface area contributed by atoms with Gasteiger partial charge in [-0.05, 0) is 38.8 Å². The molecule has 0 amide bonds. The number of benzene rings is 2. The summed E-state index contributed by atoms with van der Waals surface area (Å²) in [4.78, 5) is 0. The maximum atomic E-state index is 10.9. The lowest BCUT2D eigenvalue weighted by atomic mass is 9.88. The molecule has 2 aromatic rings. The normalized spacial score (nSPS) is 15.2. The lowest BCUT2D eigenvalue weighted by Crippen LogP contribution is -2.51. The number of aliphatic hydroxyl groups is 1. The highest BCUT2D eigenvalue weighted by Crippen LogP contribution is 2.33. The molecular weight excluding hydrogens is 340 g/mol. The minimum atomic E-state index is -0.791. The SMILES string of the molecule is CC(C)(O[Si])C(C)(C)OC(/C=C/c1ccccc1)C(O)c1ccccc1. The van der Waals surface area contributed by atoms with Crippen molar-refractivity contribution in [2.75, 3.05) is 0 Å². The van der Waals surface area contributed by atoms with Gasteiger partial charge in [-0.15, -0.1) is 0 Å². The Hall–Kier alpha value is -1.72. The summed E-state index contributed by atoms with van der Waals surface area (Å²) in [5.74, 6) is 0. The highest BCUT2D eigenvalue weighted by atomic mass is 28.2. The number of ether oxygens (including phenoxy) is 1. The Morgan fingerprint density at radius 1 is 0.885 bits per heavy atom. The van der Waals surface area contributed by atoms with E-state index in [9.17, 15) is 5.11 Å². The van der Waals surface area contributed by atoms with E-state index in [1.54, 1.807) is 0 Å². The fourth-order valence-electron chi connectivity index (χ4n) is 2.42. The molecule has 0 bridgehead atoms. The third kappa shape index (κ3) is 5.14. The predicted octanol–water partition coefficient (Wildman–Crippen LogP) is 4.48. The van der Waals surface area contributed by atoms with Crippen molar-refractivity contribution in [3.63, 3.8) is 0 Å². The summed E-state index contributed by atoms with van der Waals surface area (Å²) >= 11 is 0. The number of rotatable bonds is 8. The van der Waals surface area contributed by atoms with Crippen LogP contribution >= 0.6 is 0 Å². The minimum absolute atomic E-state index is 0.534. The summed E-state index contributed by atoms with van der Waals surface area (Å²) in [5, 5.41) is 10.9. The predicted molar refractivity (Wildman–Crippen MR) is 107 cm³/mol. The van der Waals surface area contributed by atoms with Crippen LogP contribution in [0.2, 0.25) is 0 Å². The Kier molecular flexibility index (Phi) is 6.95. The first kappa shape index (κ1) is 20.6. The molecule has 1 N–H and O–H groups in total. The van der Waals surface area contributed by atoms with E-state index >= 15 is 0 Å². The van der Waals surface area contributed by atoms with Crippen LogP contribution in [-0.4, -0.2) is 32.9 Å². The molecule has 0 saturated carbocycles. The summed E-state index contributed by atoms with van der Waals surface area (Å²) in [7, 11) is 3.15. The van der Waals surface area contributed by atoms with Crippen molar-refractivity contribution < 1.29 is 14.3 Å². The smallest absolute Gasteiger partial charge is 0.247 e. The summed E-state index contributed by atoms with van der Waals surface area (Å²) in [6, 6.07) is 19.5. The first-order chi connectivity index (χ1) is 12.3. The largest absolute Gasteiger partial charge is 0.411 e. The van der Waals surface area contributed by atoms with Crippen molar-refractivity contribution in [2.24, 2.45) is 0 Å². The summed E-state index contributed by atoms with van der Waals surface area (Å²) in [5.41, 5.74) is 0.605. The molecule has 0 fully saturated rings. The van der Waals surface area contributed by atoms with E-state index in [4.69, 9.17) is 9.16 Å². The van der Waals surface area contributed by atoms with Gasteiger partial charge in [-0.2, -0.15) is 0 Å². The Morgan fingerprint density at radius 3 is 1.96 bits per heavy atom. The molecule has 137 valence electrons. The topological polar surface area (TPSA) is 38.7 Å². The van der Waals surface area contributed by atoms with Crippen LogP contribution in [0.15, 0.2) is 66.7 Å². The van der Waals surface area contributed by atoms with Gasteiger partial charge in [0.25, 0.3) is 0 Å². The van der Waals surface area contributed by atoms with Gasteiger partial charge in [0.15, 0.2) is 0 Å². The van der Waals surface area contributed by atoms with Crippen LogP contribution in [0.4, 0.5) is 0 Å². The molecule has 0 spiro atoms. The maximum absolute atomic E-state index is 10.9. The second kappa shape index (κ2) is 8.78. The molecule has 3 nitrogen and oxygen atoms in total. The van der Waals surface area contributed by atoms with Crippen LogP contribution < -0.4 is 0 Å². The first-order valence-corrected chi connectivity index (χ1v) is 9.16. The van der Waals surface area contributed by atoms with Crippen molar-refractivity contribution in [1.29, 1.82) is 0 Å². The van der Waals surface area contributed by atoms with E-state index in [2.05, 4.69) is 10.5 Å². The average Bonchev–Trinajstić information content (AvgIpc) is 2.65. The van der Waals surface area contributed by atoms with Crippen LogP contribution in [-0.2, 0) is 9.16 Å². The van der Waals surface area contributed by atoms with Crippen LogP contribution in [0.1, 0.15) is 44.9 Å². The van der Waals surface area contributed by atoms with Crippen molar-refractivity contribution >= 4 is 16.6 Å². The second-order valence-electron chi connectivity index (χ2n) is 7.33. The quantitative estimate of drug-likeness (QED) is 0.699. The van der Waals surface area contributed by atoms with E-state index in [1.807, 2.05) is 101 Å². The standard InChI is InChI=1S/C22H27O3Si/c1-21(2,22(3,4)25-26)24-19(16-15-17-11-7-5-8-12-17)20(23)18-13-9-6-10-14-18/h5-16,19-20,23H,1-4H3/b16-15+. The Morgan fingerprint density at radius 2 is 1.42 bits per heavy atom. The van der Waals surface area contributed by atoms with Gasteiger partial charge in [0.2, 0.25) is 10.5 Å². The average molecular weight is 368 g/mol. The molecule has 2 unspecified atom stereocenters. The fraction of sp³-hybridized carbons (Fsp3) is 0.364. The van der Waals surface area contributed by atoms with Crippen LogP contribution in [0.5, 0.6) is 0 Å².